The monoisotopic (exact) mass is 170 g/mol. The molecule has 1 aromatic carbocycles. The van der Waals surface area contributed by atoms with Gasteiger partial charge in [-0.3, -0.25) is 0 Å². The third-order valence-electron chi connectivity index (χ3n) is 2.30. The number of nitriles is 1. The molecule has 1 aromatic rings. The average molecular weight is 170 g/mol. The molecule has 0 unspecified atom stereocenters. The van der Waals surface area contributed by atoms with Gasteiger partial charge in [0.2, 0.25) is 0 Å². The Kier molecular flexibility index (Phi) is 1.79. The van der Waals surface area contributed by atoms with Gasteiger partial charge in [-0.05, 0) is 42.2 Å². The van der Waals surface area contributed by atoms with Crippen molar-refractivity contribution in [3.8, 4) is 6.07 Å². The SMILES string of the molecule is N#CC1=Cc2ccc(N)cc2CC1. The molecule has 0 aliphatic heterocycles. The smallest absolute Gasteiger partial charge is 0.0947 e. The van der Waals surface area contributed by atoms with Crippen molar-refractivity contribution >= 4 is 11.8 Å². The number of rotatable bonds is 0. The molecule has 0 fully saturated rings. The van der Waals surface area contributed by atoms with Gasteiger partial charge in [0.05, 0.1) is 6.07 Å². The lowest BCUT2D eigenvalue weighted by atomic mass is 9.92. The van der Waals surface area contributed by atoms with Gasteiger partial charge >= 0.3 is 0 Å². The lowest BCUT2D eigenvalue weighted by molar-refractivity contribution is 0.954. The molecule has 0 bridgehead atoms. The Bertz CT molecular complexity index is 411. The third kappa shape index (κ3) is 1.41. The fourth-order valence-corrected chi connectivity index (χ4v) is 1.60. The summed E-state index contributed by atoms with van der Waals surface area (Å²) >= 11 is 0. The van der Waals surface area contributed by atoms with Gasteiger partial charge in [0, 0.05) is 11.3 Å². The number of nitrogen functional groups attached to an aromatic ring is 1. The molecule has 64 valence electrons. The molecule has 0 saturated carbocycles. The highest BCUT2D eigenvalue weighted by molar-refractivity contribution is 5.65. The first-order valence-corrected chi connectivity index (χ1v) is 4.28. The Morgan fingerprint density at radius 2 is 2.15 bits per heavy atom. The predicted octanol–water partition coefficient (Wildman–Crippen LogP) is 2.12. The number of hydrogen-bond donors (Lipinski definition) is 1. The number of aryl methyl sites for hydroxylation is 1. The molecule has 1 aliphatic carbocycles. The van der Waals surface area contributed by atoms with E-state index in [0.717, 1.165) is 29.7 Å². The maximum atomic E-state index is 8.73. The Hall–Kier alpha value is -1.75. The second-order valence-corrected chi connectivity index (χ2v) is 3.24. The van der Waals surface area contributed by atoms with Gasteiger partial charge in [0.1, 0.15) is 0 Å². The quantitative estimate of drug-likeness (QED) is 0.606. The highest BCUT2D eigenvalue weighted by Crippen LogP contribution is 2.24. The number of fused-ring (bicyclic) bond motifs is 1. The van der Waals surface area contributed by atoms with Crippen LogP contribution >= 0.6 is 0 Å². The fraction of sp³-hybridized carbons (Fsp3) is 0.182. The van der Waals surface area contributed by atoms with Crippen LogP contribution in [-0.2, 0) is 6.42 Å². The van der Waals surface area contributed by atoms with Gasteiger partial charge in [0.15, 0.2) is 0 Å². The Morgan fingerprint density at radius 1 is 1.31 bits per heavy atom. The molecule has 2 nitrogen and oxygen atoms in total. The maximum absolute atomic E-state index is 8.73. The van der Waals surface area contributed by atoms with Crippen molar-refractivity contribution in [1.82, 2.24) is 0 Å². The molecule has 0 radical (unpaired) electrons. The van der Waals surface area contributed by atoms with E-state index < -0.39 is 0 Å². The van der Waals surface area contributed by atoms with Crippen molar-refractivity contribution in [3.05, 3.63) is 34.9 Å². The van der Waals surface area contributed by atoms with E-state index in [1.54, 1.807) is 0 Å². The number of hydrogen-bond acceptors (Lipinski definition) is 2. The Balaban J connectivity index is 2.50. The van der Waals surface area contributed by atoms with Crippen LogP contribution < -0.4 is 5.73 Å². The summed E-state index contributed by atoms with van der Waals surface area (Å²) in [5.74, 6) is 0. The lowest BCUT2D eigenvalue weighted by Crippen LogP contribution is -1.99. The molecular weight excluding hydrogens is 160 g/mol. The van der Waals surface area contributed by atoms with Crippen LogP contribution in [0.2, 0.25) is 0 Å². The van der Waals surface area contributed by atoms with Crippen LogP contribution in [0.4, 0.5) is 5.69 Å². The largest absolute Gasteiger partial charge is 0.399 e. The van der Waals surface area contributed by atoms with Gasteiger partial charge < -0.3 is 5.73 Å². The highest BCUT2D eigenvalue weighted by atomic mass is 14.5. The van der Waals surface area contributed by atoms with Crippen LogP contribution in [0.15, 0.2) is 23.8 Å². The van der Waals surface area contributed by atoms with Crippen LogP contribution in [0.1, 0.15) is 17.5 Å². The average Bonchev–Trinajstić information content (AvgIpc) is 2.17. The molecular formula is C11H10N2. The minimum Gasteiger partial charge on any atom is -0.399 e. The minimum atomic E-state index is 0.799. The number of nitrogens with zero attached hydrogens (tertiary/aromatic N) is 1. The van der Waals surface area contributed by atoms with Crippen LogP contribution in [0, 0.1) is 11.3 Å². The van der Waals surface area contributed by atoms with Crippen LogP contribution in [-0.4, -0.2) is 0 Å². The van der Waals surface area contributed by atoms with E-state index in [0.29, 0.717) is 0 Å². The van der Waals surface area contributed by atoms with E-state index >= 15 is 0 Å². The van der Waals surface area contributed by atoms with Crippen molar-refractivity contribution in [2.45, 2.75) is 12.8 Å². The summed E-state index contributed by atoms with van der Waals surface area (Å²) in [4.78, 5) is 0. The van der Waals surface area contributed by atoms with E-state index in [1.807, 2.05) is 24.3 Å². The standard InChI is InChI=1S/C11H10N2/c12-7-8-1-2-10-6-11(13)4-3-9(10)5-8/h3-6H,1-2,13H2. The molecule has 0 saturated heterocycles. The molecule has 0 amide bonds. The zero-order valence-corrected chi connectivity index (χ0v) is 7.25. The molecule has 2 heteroatoms. The predicted molar refractivity (Wildman–Crippen MR) is 52.8 cm³/mol. The van der Waals surface area contributed by atoms with E-state index in [1.165, 1.54) is 5.56 Å². The molecule has 0 spiro atoms. The molecule has 0 atom stereocenters. The molecule has 2 rings (SSSR count). The summed E-state index contributed by atoms with van der Waals surface area (Å²) in [7, 11) is 0. The fourth-order valence-electron chi connectivity index (χ4n) is 1.60. The lowest BCUT2D eigenvalue weighted by Gasteiger charge is -2.12. The van der Waals surface area contributed by atoms with Gasteiger partial charge in [-0.25, -0.2) is 0 Å². The molecule has 2 N–H and O–H groups in total. The summed E-state index contributed by atoms with van der Waals surface area (Å²) in [6.45, 7) is 0. The summed E-state index contributed by atoms with van der Waals surface area (Å²) < 4.78 is 0. The van der Waals surface area contributed by atoms with Gasteiger partial charge in [0.25, 0.3) is 0 Å². The van der Waals surface area contributed by atoms with E-state index in [9.17, 15) is 0 Å². The first-order valence-electron chi connectivity index (χ1n) is 4.28. The third-order valence-corrected chi connectivity index (χ3v) is 2.30. The molecule has 0 heterocycles. The molecule has 13 heavy (non-hydrogen) atoms. The zero-order valence-electron chi connectivity index (χ0n) is 7.25. The van der Waals surface area contributed by atoms with Crippen molar-refractivity contribution in [2.24, 2.45) is 0 Å². The van der Waals surface area contributed by atoms with E-state index in [-0.39, 0.29) is 0 Å². The number of nitrogens with two attached hydrogens (primary N) is 1. The van der Waals surface area contributed by atoms with Crippen molar-refractivity contribution < 1.29 is 0 Å². The van der Waals surface area contributed by atoms with Gasteiger partial charge in [-0.15, -0.1) is 0 Å². The number of allylic oxidation sites excluding steroid dienone is 1. The highest BCUT2D eigenvalue weighted by Gasteiger charge is 2.09. The minimum absolute atomic E-state index is 0.799. The van der Waals surface area contributed by atoms with E-state index in [4.69, 9.17) is 11.0 Å². The summed E-state index contributed by atoms with van der Waals surface area (Å²) in [5, 5.41) is 8.73. The Labute approximate surface area is 77.3 Å². The maximum Gasteiger partial charge on any atom is 0.0947 e. The van der Waals surface area contributed by atoms with Crippen LogP contribution in [0.3, 0.4) is 0 Å². The molecule has 0 aromatic heterocycles. The first-order chi connectivity index (χ1) is 6.29. The number of anilines is 1. The Morgan fingerprint density at radius 3 is 2.92 bits per heavy atom. The normalized spacial score (nSPS) is 14.2. The first kappa shape index (κ1) is 7.88. The van der Waals surface area contributed by atoms with E-state index in [2.05, 4.69) is 6.07 Å². The summed E-state index contributed by atoms with van der Waals surface area (Å²) in [6, 6.07) is 8.02. The van der Waals surface area contributed by atoms with Crippen molar-refractivity contribution in [2.75, 3.05) is 5.73 Å². The van der Waals surface area contributed by atoms with Crippen LogP contribution in [0.5, 0.6) is 0 Å². The van der Waals surface area contributed by atoms with Crippen LogP contribution in [0.25, 0.3) is 6.08 Å². The second-order valence-electron chi connectivity index (χ2n) is 3.24. The van der Waals surface area contributed by atoms with Crippen molar-refractivity contribution in [3.63, 3.8) is 0 Å². The second kappa shape index (κ2) is 2.95. The van der Waals surface area contributed by atoms with Gasteiger partial charge in [-0.1, -0.05) is 6.07 Å². The van der Waals surface area contributed by atoms with Gasteiger partial charge in [-0.2, -0.15) is 5.26 Å². The molecule has 1 aliphatic rings. The number of benzene rings is 1. The topological polar surface area (TPSA) is 49.8 Å². The summed E-state index contributed by atoms with van der Waals surface area (Å²) in [5.41, 5.74) is 9.71. The summed E-state index contributed by atoms with van der Waals surface area (Å²) in [6.07, 6.45) is 3.71. The van der Waals surface area contributed by atoms with Crippen molar-refractivity contribution in [1.29, 1.82) is 5.26 Å². The zero-order chi connectivity index (χ0) is 9.26.